The molecule has 0 bridgehead atoms. The minimum absolute atomic E-state index is 0.359. The summed E-state index contributed by atoms with van der Waals surface area (Å²) in [6.07, 6.45) is 0. The van der Waals surface area contributed by atoms with Gasteiger partial charge in [-0.1, -0.05) is 23.2 Å². The molecule has 3 heteroatoms. The number of hydrogen-bond donors (Lipinski definition) is 0. The van der Waals surface area contributed by atoms with Gasteiger partial charge in [0.05, 0.1) is 5.88 Å². The molecule has 60 valence electrons. The quantitative estimate of drug-likeness (QED) is 0.613. The van der Waals surface area contributed by atoms with Gasteiger partial charge in [0.2, 0.25) is 0 Å². The van der Waals surface area contributed by atoms with Crippen molar-refractivity contribution in [1.82, 2.24) is 0 Å². The van der Waals surface area contributed by atoms with Crippen LogP contribution in [0.3, 0.4) is 0 Å². The average molecular weight is 210 g/mol. The molecular weight excluding hydrogens is 202 g/mol. The Morgan fingerprint density at radius 2 is 1.64 bits per heavy atom. The lowest BCUT2D eigenvalue weighted by Crippen LogP contribution is -1.83. The van der Waals surface area contributed by atoms with Crippen LogP contribution in [-0.2, 0) is 5.88 Å². The first kappa shape index (κ1) is 9.18. The number of alkyl halides is 1. The largest absolute Gasteiger partial charge is 0.121 e. The minimum atomic E-state index is 0.359. The monoisotopic (exact) mass is 208 g/mol. The van der Waals surface area contributed by atoms with E-state index >= 15 is 0 Å². The van der Waals surface area contributed by atoms with E-state index in [2.05, 4.69) is 0 Å². The minimum Gasteiger partial charge on any atom is -0.121 e. The summed E-state index contributed by atoms with van der Waals surface area (Å²) in [5, 5.41) is 1.29. The maximum Gasteiger partial charge on any atom is 0.0503 e. The molecule has 11 heavy (non-hydrogen) atoms. The van der Waals surface area contributed by atoms with Gasteiger partial charge in [-0.15, -0.1) is 11.6 Å². The van der Waals surface area contributed by atoms with E-state index < -0.39 is 0 Å². The van der Waals surface area contributed by atoms with Crippen LogP contribution in [0, 0.1) is 6.92 Å². The van der Waals surface area contributed by atoms with E-state index in [0.717, 1.165) is 11.1 Å². The molecule has 0 radical (unpaired) electrons. The van der Waals surface area contributed by atoms with E-state index in [1.165, 1.54) is 0 Å². The number of benzene rings is 1. The summed E-state index contributed by atoms with van der Waals surface area (Å²) in [4.78, 5) is 0. The summed E-state index contributed by atoms with van der Waals surface area (Å²) in [5.74, 6) is 0.359. The van der Waals surface area contributed by atoms with Crippen molar-refractivity contribution in [3.05, 3.63) is 33.3 Å². The van der Waals surface area contributed by atoms with Gasteiger partial charge in [-0.3, -0.25) is 0 Å². The van der Waals surface area contributed by atoms with Crippen molar-refractivity contribution in [3.8, 4) is 0 Å². The van der Waals surface area contributed by atoms with Crippen LogP contribution in [0.5, 0.6) is 0 Å². The lowest BCUT2D eigenvalue weighted by Gasteiger charge is -2.03. The Morgan fingerprint density at radius 1 is 1.18 bits per heavy atom. The van der Waals surface area contributed by atoms with Crippen molar-refractivity contribution < 1.29 is 0 Å². The van der Waals surface area contributed by atoms with Gasteiger partial charge in [-0.05, 0) is 24.6 Å². The lowest BCUT2D eigenvalue weighted by molar-refractivity contribution is 1.36. The van der Waals surface area contributed by atoms with Crippen LogP contribution in [0.15, 0.2) is 12.1 Å². The Kier molecular flexibility index (Phi) is 3.06. The third-order valence-corrected chi connectivity index (χ3v) is 2.36. The Morgan fingerprint density at radius 3 is 2.00 bits per heavy atom. The van der Waals surface area contributed by atoms with Crippen molar-refractivity contribution in [2.45, 2.75) is 12.8 Å². The van der Waals surface area contributed by atoms with Gasteiger partial charge in [0, 0.05) is 15.6 Å². The molecule has 0 aliphatic heterocycles. The second-order valence-corrected chi connectivity index (χ2v) is 3.42. The SMILES string of the molecule is Cc1cc(Cl)c(CCl)c(Cl)c1. The van der Waals surface area contributed by atoms with Crippen LogP contribution >= 0.6 is 34.8 Å². The Balaban J connectivity index is 3.25. The molecule has 1 aromatic carbocycles. The van der Waals surface area contributed by atoms with E-state index in [1.807, 2.05) is 19.1 Å². The van der Waals surface area contributed by atoms with Gasteiger partial charge in [-0.2, -0.15) is 0 Å². The van der Waals surface area contributed by atoms with Gasteiger partial charge >= 0.3 is 0 Å². The maximum absolute atomic E-state index is 5.87. The number of rotatable bonds is 1. The summed E-state index contributed by atoms with van der Waals surface area (Å²) < 4.78 is 0. The molecule has 0 saturated heterocycles. The average Bonchev–Trinajstić information content (AvgIpc) is 1.85. The molecule has 1 rings (SSSR count). The smallest absolute Gasteiger partial charge is 0.0503 e. The van der Waals surface area contributed by atoms with Gasteiger partial charge in [0.1, 0.15) is 0 Å². The van der Waals surface area contributed by atoms with Gasteiger partial charge < -0.3 is 0 Å². The first-order chi connectivity index (χ1) is 5.15. The summed E-state index contributed by atoms with van der Waals surface area (Å²) in [7, 11) is 0. The number of halogens is 3. The normalized spacial score (nSPS) is 10.2. The highest BCUT2D eigenvalue weighted by atomic mass is 35.5. The summed E-state index contributed by atoms with van der Waals surface area (Å²) in [6.45, 7) is 1.94. The topological polar surface area (TPSA) is 0 Å². The maximum atomic E-state index is 5.87. The van der Waals surface area contributed by atoms with Crippen LogP contribution in [-0.4, -0.2) is 0 Å². The molecule has 0 nitrogen and oxygen atoms in total. The lowest BCUT2D eigenvalue weighted by atomic mass is 10.2. The van der Waals surface area contributed by atoms with Crippen LogP contribution in [0.2, 0.25) is 10.0 Å². The Bertz CT molecular complexity index is 245. The van der Waals surface area contributed by atoms with Crippen molar-refractivity contribution in [2.75, 3.05) is 0 Å². The van der Waals surface area contributed by atoms with Crippen LogP contribution < -0.4 is 0 Å². The van der Waals surface area contributed by atoms with E-state index in [0.29, 0.717) is 15.9 Å². The fourth-order valence-electron chi connectivity index (χ4n) is 0.857. The highest BCUT2D eigenvalue weighted by Crippen LogP contribution is 2.27. The molecule has 1 aromatic rings. The van der Waals surface area contributed by atoms with Gasteiger partial charge in [0.25, 0.3) is 0 Å². The van der Waals surface area contributed by atoms with Gasteiger partial charge in [-0.25, -0.2) is 0 Å². The summed E-state index contributed by atoms with van der Waals surface area (Å²) >= 11 is 17.4. The number of aryl methyl sites for hydroxylation is 1. The molecule has 0 heterocycles. The van der Waals surface area contributed by atoms with Crippen molar-refractivity contribution in [2.24, 2.45) is 0 Å². The third kappa shape index (κ3) is 2.02. The predicted molar refractivity (Wildman–Crippen MR) is 50.8 cm³/mol. The first-order valence-electron chi connectivity index (χ1n) is 3.15. The second-order valence-electron chi connectivity index (χ2n) is 2.34. The second kappa shape index (κ2) is 3.66. The van der Waals surface area contributed by atoms with Crippen molar-refractivity contribution in [3.63, 3.8) is 0 Å². The molecule has 0 unspecified atom stereocenters. The van der Waals surface area contributed by atoms with Gasteiger partial charge in [0.15, 0.2) is 0 Å². The molecule has 0 fully saturated rings. The van der Waals surface area contributed by atoms with Crippen molar-refractivity contribution in [1.29, 1.82) is 0 Å². The number of hydrogen-bond acceptors (Lipinski definition) is 0. The standard InChI is InChI=1S/C8H7Cl3/c1-5-2-7(10)6(4-9)8(11)3-5/h2-3H,4H2,1H3. The fraction of sp³-hybridized carbons (Fsp3) is 0.250. The first-order valence-corrected chi connectivity index (χ1v) is 4.44. The fourth-order valence-corrected chi connectivity index (χ4v) is 2.01. The highest BCUT2D eigenvalue weighted by Gasteiger charge is 2.04. The molecule has 0 aliphatic rings. The predicted octanol–water partition coefficient (Wildman–Crippen LogP) is 4.04. The van der Waals surface area contributed by atoms with E-state index in [4.69, 9.17) is 34.8 Å². The van der Waals surface area contributed by atoms with E-state index in [-0.39, 0.29) is 0 Å². The summed E-state index contributed by atoms with van der Waals surface area (Å²) in [6, 6.07) is 3.70. The molecule has 0 aromatic heterocycles. The van der Waals surface area contributed by atoms with Crippen LogP contribution in [0.25, 0.3) is 0 Å². The Hall–Kier alpha value is 0.0900. The molecule has 0 aliphatic carbocycles. The highest BCUT2D eigenvalue weighted by molar-refractivity contribution is 6.37. The zero-order valence-electron chi connectivity index (χ0n) is 6.00. The van der Waals surface area contributed by atoms with E-state index in [1.54, 1.807) is 0 Å². The molecular formula is C8H7Cl3. The zero-order valence-corrected chi connectivity index (χ0v) is 8.26. The zero-order chi connectivity index (χ0) is 8.43. The summed E-state index contributed by atoms with van der Waals surface area (Å²) in [5.41, 5.74) is 1.86. The molecule has 0 atom stereocenters. The van der Waals surface area contributed by atoms with Crippen LogP contribution in [0.1, 0.15) is 11.1 Å². The molecule has 0 spiro atoms. The van der Waals surface area contributed by atoms with E-state index in [9.17, 15) is 0 Å². The molecule has 0 amide bonds. The molecule has 0 N–H and O–H groups in total. The van der Waals surface area contributed by atoms with Crippen LogP contribution in [0.4, 0.5) is 0 Å². The molecule has 0 saturated carbocycles. The Labute approximate surface area is 81.1 Å². The van der Waals surface area contributed by atoms with Crippen molar-refractivity contribution >= 4 is 34.8 Å². The third-order valence-electron chi connectivity index (χ3n) is 1.42.